The number of rotatable bonds is 6. The van der Waals surface area contributed by atoms with Crippen LogP contribution in [0.1, 0.15) is 47.0 Å². The molecular formula is C12H26N2O2. The summed E-state index contributed by atoms with van der Waals surface area (Å²) in [7, 11) is 1.91. The summed E-state index contributed by atoms with van der Waals surface area (Å²) in [5.74, 6) is 0. The highest BCUT2D eigenvalue weighted by molar-refractivity contribution is 5.68. The largest absolute Gasteiger partial charge is 0.444 e. The predicted octanol–water partition coefficient (Wildman–Crippen LogP) is 2.29. The average Bonchev–Trinajstić information content (AvgIpc) is 2.11. The summed E-state index contributed by atoms with van der Waals surface area (Å²) in [4.78, 5) is 11.6. The molecule has 0 aromatic carbocycles. The number of alkyl carbamates (subject to hydrolysis) is 1. The lowest BCUT2D eigenvalue weighted by molar-refractivity contribution is 0.0499. The van der Waals surface area contributed by atoms with Crippen molar-refractivity contribution in [2.75, 3.05) is 13.6 Å². The minimum Gasteiger partial charge on any atom is -0.444 e. The number of ether oxygens (including phenoxy) is 1. The van der Waals surface area contributed by atoms with E-state index < -0.39 is 5.60 Å². The van der Waals surface area contributed by atoms with Crippen LogP contribution in [0.25, 0.3) is 0 Å². The monoisotopic (exact) mass is 230 g/mol. The molecular weight excluding hydrogens is 204 g/mol. The summed E-state index contributed by atoms with van der Waals surface area (Å²) in [6, 6.07) is 0.201. The molecule has 4 heteroatoms. The number of nitrogens with one attached hydrogen (secondary N) is 2. The maximum atomic E-state index is 11.6. The van der Waals surface area contributed by atoms with Crippen LogP contribution in [0.15, 0.2) is 0 Å². The van der Waals surface area contributed by atoms with Crippen LogP contribution in [0.4, 0.5) is 4.79 Å². The number of carbonyl (C=O) groups excluding carboxylic acids is 1. The molecule has 0 aliphatic rings. The van der Waals surface area contributed by atoms with Gasteiger partial charge < -0.3 is 15.4 Å². The summed E-state index contributed by atoms with van der Waals surface area (Å²) in [6.07, 6.45) is 2.66. The lowest BCUT2D eigenvalue weighted by Crippen LogP contribution is -2.40. The van der Waals surface area contributed by atoms with Crippen LogP contribution in [0, 0.1) is 0 Å². The Hall–Kier alpha value is -0.770. The van der Waals surface area contributed by atoms with Gasteiger partial charge in [0.1, 0.15) is 5.60 Å². The summed E-state index contributed by atoms with van der Waals surface area (Å²) >= 11 is 0. The van der Waals surface area contributed by atoms with Gasteiger partial charge in [0.2, 0.25) is 0 Å². The van der Waals surface area contributed by atoms with Crippen molar-refractivity contribution in [3.63, 3.8) is 0 Å². The molecule has 0 aliphatic carbocycles. The molecule has 0 aliphatic heterocycles. The van der Waals surface area contributed by atoms with Gasteiger partial charge in [-0.3, -0.25) is 0 Å². The summed E-state index contributed by atoms with van der Waals surface area (Å²) in [6.45, 7) is 8.63. The third-order valence-electron chi connectivity index (χ3n) is 2.10. The van der Waals surface area contributed by atoms with Gasteiger partial charge in [-0.05, 0) is 47.2 Å². The fourth-order valence-electron chi connectivity index (χ4n) is 1.43. The van der Waals surface area contributed by atoms with Gasteiger partial charge in [0.15, 0.2) is 0 Å². The molecule has 0 radical (unpaired) electrons. The molecule has 0 saturated heterocycles. The molecule has 16 heavy (non-hydrogen) atoms. The van der Waals surface area contributed by atoms with E-state index >= 15 is 0 Å². The third-order valence-corrected chi connectivity index (χ3v) is 2.10. The average molecular weight is 230 g/mol. The maximum absolute atomic E-state index is 11.6. The SMILES string of the molecule is CCCC(CCNC)NC(=O)OC(C)(C)C. The molecule has 0 aromatic heterocycles. The van der Waals surface area contributed by atoms with Crippen molar-refractivity contribution in [1.29, 1.82) is 0 Å². The highest BCUT2D eigenvalue weighted by atomic mass is 16.6. The fraction of sp³-hybridized carbons (Fsp3) is 0.917. The first-order valence-electron chi connectivity index (χ1n) is 6.03. The van der Waals surface area contributed by atoms with Crippen molar-refractivity contribution in [2.24, 2.45) is 0 Å². The Kier molecular flexibility index (Phi) is 7.13. The zero-order valence-corrected chi connectivity index (χ0v) is 11.2. The molecule has 2 N–H and O–H groups in total. The number of amides is 1. The van der Waals surface area contributed by atoms with Gasteiger partial charge in [-0.2, -0.15) is 0 Å². The minimum absolute atomic E-state index is 0.201. The van der Waals surface area contributed by atoms with Crippen molar-refractivity contribution in [3.05, 3.63) is 0 Å². The topological polar surface area (TPSA) is 50.4 Å². The Morgan fingerprint density at radius 2 is 1.94 bits per heavy atom. The molecule has 1 amide bonds. The van der Waals surface area contributed by atoms with E-state index in [0.717, 1.165) is 25.8 Å². The van der Waals surface area contributed by atoms with Crippen LogP contribution >= 0.6 is 0 Å². The number of hydrogen-bond acceptors (Lipinski definition) is 3. The zero-order valence-electron chi connectivity index (χ0n) is 11.2. The van der Waals surface area contributed by atoms with Crippen LogP contribution in [-0.2, 0) is 4.74 Å². The Labute approximate surface area is 99.1 Å². The number of hydrogen-bond donors (Lipinski definition) is 2. The Balaban J connectivity index is 4.02. The van der Waals surface area contributed by atoms with Gasteiger partial charge in [-0.15, -0.1) is 0 Å². The molecule has 0 spiro atoms. The molecule has 4 nitrogen and oxygen atoms in total. The minimum atomic E-state index is -0.427. The quantitative estimate of drug-likeness (QED) is 0.736. The van der Waals surface area contributed by atoms with Crippen molar-refractivity contribution < 1.29 is 9.53 Å². The third kappa shape index (κ3) is 8.53. The Morgan fingerprint density at radius 3 is 2.38 bits per heavy atom. The van der Waals surface area contributed by atoms with E-state index in [1.165, 1.54) is 0 Å². The standard InChI is InChI=1S/C12H26N2O2/c1-6-7-10(8-9-13-5)14-11(15)16-12(2,3)4/h10,13H,6-9H2,1-5H3,(H,14,15). The fourth-order valence-corrected chi connectivity index (χ4v) is 1.43. The van der Waals surface area contributed by atoms with E-state index in [1.807, 2.05) is 27.8 Å². The van der Waals surface area contributed by atoms with Crippen LogP contribution in [0.3, 0.4) is 0 Å². The van der Waals surface area contributed by atoms with E-state index in [4.69, 9.17) is 4.74 Å². The van der Waals surface area contributed by atoms with Crippen LogP contribution in [0.5, 0.6) is 0 Å². The molecule has 0 bridgehead atoms. The highest BCUT2D eigenvalue weighted by Crippen LogP contribution is 2.08. The second-order valence-electron chi connectivity index (χ2n) is 5.02. The first kappa shape index (κ1) is 15.2. The van der Waals surface area contributed by atoms with Gasteiger partial charge in [-0.1, -0.05) is 13.3 Å². The summed E-state index contributed by atoms with van der Waals surface area (Å²) in [5, 5.41) is 5.99. The van der Waals surface area contributed by atoms with E-state index in [0.29, 0.717) is 0 Å². The molecule has 0 saturated carbocycles. The molecule has 1 unspecified atom stereocenters. The smallest absolute Gasteiger partial charge is 0.407 e. The summed E-state index contributed by atoms with van der Waals surface area (Å²) < 4.78 is 5.22. The molecule has 0 heterocycles. The number of carbonyl (C=O) groups is 1. The molecule has 1 atom stereocenters. The van der Waals surface area contributed by atoms with Crippen molar-refractivity contribution in [2.45, 2.75) is 58.6 Å². The van der Waals surface area contributed by atoms with Gasteiger partial charge in [-0.25, -0.2) is 4.79 Å². The maximum Gasteiger partial charge on any atom is 0.407 e. The van der Waals surface area contributed by atoms with Crippen LogP contribution < -0.4 is 10.6 Å². The second-order valence-corrected chi connectivity index (χ2v) is 5.02. The Bertz CT molecular complexity index is 200. The summed E-state index contributed by atoms with van der Waals surface area (Å²) in [5.41, 5.74) is -0.427. The van der Waals surface area contributed by atoms with E-state index in [2.05, 4.69) is 17.6 Å². The highest BCUT2D eigenvalue weighted by Gasteiger charge is 2.18. The Morgan fingerprint density at radius 1 is 1.31 bits per heavy atom. The van der Waals surface area contributed by atoms with Gasteiger partial charge >= 0.3 is 6.09 Å². The lowest BCUT2D eigenvalue weighted by atomic mass is 10.1. The van der Waals surface area contributed by atoms with Crippen molar-refractivity contribution >= 4 is 6.09 Å². The second kappa shape index (κ2) is 7.49. The van der Waals surface area contributed by atoms with Crippen LogP contribution in [0.2, 0.25) is 0 Å². The van der Waals surface area contributed by atoms with Crippen LogP contribution in [-0.4, -0.2) is 31.3 Å². The normalized spacial score (nSPS) is 13.3. The van der Waals surface area contributed by atoms with E-state index in [-0.39, 0.29) is 12.1 Å². The van der Waals surface area contributed by atoms with Gasteiger partial charge in [0.25, 0.3) is 0 Å². The predicted molar refractivity (Wildman–Crippen MR) is 66.6 cm³/mol. The molecule has 96 valence electrons. The van der Waals surface area contributed by atoms with Crippen molar-refractivity contribution in [1.82, 2.24) is 10.6 Å². The van der Waals surface area contributed by atoms with E-state index in [9.17, 15) is 4.79 Å². The molecule has 0 rings (SSSR count). The van der Waals surface area contributed by atoms with E-state index in [1.54, 1.807) is 0 Å². The first-order valence-corrected chi connectivity index (χ1v) is 6.03. The first-order chi connectivity index (χ1) is 7.39. The van der Waals surface area contributed by atoms with Gasteiger partial charge in [0.05, 0.1) is 0 Å². The van der Waals surface area contributed by atoms with Gasteiger partial charge in [0, 0.05) is 6.04 Å². The zero-order chi connectivity index (χ0) is 12.6. The molecule has 0 aromatic rings. The molecule has 0 fully saturated rings. The van der Waals surface area contributed by atoms with Crippen molar-refractivity contribution in [3.8, 4) is 0 Å². The lowest BCUT2D eigenvalue weighted by Gasteiger charge is -2.23.